The predicted octanol–water partition coefficient (Wildman–Crippen LogP) is 2.59. The first-order valence-corrected chi connectivity index (χ1v) is 6.94. The molecule has 0 unspecified atom stereocenters. The molecule has 1 N–H and O–H groups in total. The van der Waals surface area contributed by atoms with E-state index < -0.39 is 32.6 Å². The van der Waals surface area contributed by atoms with Gasteiger partial charge in [0.15, 0.2) is 0 Å². The van der Waals surface area contributed by atoms with Gasteiger partial charge in [0.1, 0.15) is 10.6 Å². The van der Waals surface area contributed by atoms with E-state index >= 15 is 0 Å². The average molecular weight is 313 g/mol. The Morgan fingerprint density at radius 1 is 1.10 bits per heavy atom. The monoisotopic (exact) mass is 313 g/mol. The Balaban J connectivity index is 3.06. The number of benzene rings is 1. The zero-order valence-corrected chi connectivity index (χ0v) is 11.8. The molecule has 0 saturated carbocycles. The second-order valence-corrected chi connectivity index (χ2v) is 6.41. The molecule has 0 saturated heterocycles. The zero-order valence-electron chi connectivity index (χ0n) is 11.0. The number of sulfonamides is 1. The minimum absolute atomic E-state index is 0.665. The van der Waals surface area contributed by atoms with Crippen molar-refractivity contribution in [2.75, 3.05) is 0 Å². The Morgan fingerprint density at radius 2 is 1.65 bits per heavy atom. The highest BCUT2D eigenvalue weighted by Crippen LogP contribution is 2.29. The van der Waals surface area contributed by atoms with Gasteiger partial charge in [0.05, 0.1) is 5.60 Å². The largest absolute Gasteiger partial charge is 0.573 e. The third-order valence-electron chi connectivity index (χ3n) is 1.82. The maximum Gasteiger partial charge on any atom is 0.573 e. The molecule has 0 aliphatic carbocycles. The molecule has 0 fully saturated rings. The van der Waals surface area contributed by atoms with Crippen LogP contribution in [0.1, 0.15) is 20.8 Å². The van der Waals surface area contributed by atoms with Gasteiger partial charge in [-0.15, -0.1) is 13.2 Å². The molecule has 9 heteroatoms. The van der Waals surface area contributed by atoms with Gasteiger partial charge < -0.3 is 4.74 Å². The van der Waals surface area contributed by atoms with Crippen LogP contribution in [0, 0.1) is 0 Å². The summed E-state index contributed by atoms with van der Waals surface area (Å²) in [4.78, 5) is 5.96. The van der Waals surface area contributed by atoms with Crippen LogP contribution in [-0.4, -0.2) is 20.4 Å². The van der Waals surface area contributed by atoms with E-state index in [1.54, 1.807) is 25.7 Å². The fourth-order valence-corrected chi connectivity index (χ4v) is 2.19. The maximum atomic E-state index is 12.2. The summed E-state index contributed by atoms with van der Waals surface area (Å²) in [6.07, 6.45) is -4.99. The van der Waals surface area contributed by atoms with Crippen molar-refractivity contribution in [3.05, 3.63) is 24.3 Å². The van der Waals surface area contributed by atoms with Gasteiger partial charge >= 0.3 is 6.36 Å². The number of nitrogens with one attached hydrogen (secondary N) is 1. The molecule has 0 atom stereocenters. The van der Waals surface area contributed by atoms with Crippen LogP contribution in [0.3, 0.4) is 0 Å². The van der Waals surface area contributed by atoms with E-state index in [0.29, 0.717) is 0 Å². The lowest BCUT2D eigenvalue weighted by Crippen LogP contribution is -2.34. The van der Waals surface area contributed by atoms with Crippen molar-refractivity contribution in [1.29, 1.82) is 0 Å². The van der Waals surface area contributed by atoms with Crippen molar-refractivity contribution in [1.82, 2.24) is 4.89 Å². The molecule has 0 heterocycles. The third kappa shape index (κ3) is 5.35. The lowest BCUT2D eigenvalue weighted by molar-refractivity contribution is -0.275. The molecule has 114 valence electrons. The van der Waals surface area contributed by atoms with Crippen LogP contribution in [0.2, 0.25) is 0 Å². The number of rotatable bonds is 4. The second-order valence-electron chi connectivity index (χ2n) is 4.80. The SMILES string of the molecule is CC(C)(C)ONS(=O)(=O)c1ccccc1OC(F)(F)F. The van der Waals surface area contributed by atoms with E-state index in [1.807, 2.05) is 0 Å². The summed E-state index contributed by atoms with van der Waals surface area (Å²) in [5.41, 5.74) is -0.840. The summed E-state index contributed by atoms with van der Waals surface area (Å²) >= 11 is 0. The minimum atomic E-state index is -4.99. The van der Waals surface area contributed by atoms with Crippen LogP contribution < -0.4 is 9.62 Å². The smallest absolute Gasteiger partial charge is 0.404 e. The summed E-state index contributed by atoms with van der Waals surface area (Å²) in [5, 5.41) is 0. The molecule has 0 amide bonds. The van der Waals surface area contributed by atoms with E-state index in [2.05, 4.69) is 4.74 Å². The van der Waals surface area contributed by atoms with Crippen molar-refractivity contribution in [2.24, 2.45) is 0 Å². The molecule has 20 heavy (non-hydrogen) atoms. The molecule has 1 aromatic rings. The Kier molecular flexibility index (Phi) is 4.67. The zero-order chi connectivity index (χ0) is 15.6. The second kappa shape index (κ2) is 5.58. The number of alkyl halides is 3. The van der Waals surface area contributed by atoms with Gasteiger partial charge in [0.2, 0.25) is 0 Å². The molecule has 1 rings (SSSR count). The molecular weight excluding hydrogens is 299 g/mol. The number of hydrogen-bond donors (Lipinski definition) is 1. The van der Waals surface area contributed by atoms with Crippen LogP contribution in [0.25, 0.3) is 0 Å². The van der Waals surface area contributed by atoms with Gasteiger partial charge in [0, 0.05) is 0 Å². The fraction of sp³-hybridized carbons (Fsp3) is 0.455. The van der Waals surface area contributed by atoms with Gasteiger partial charge in [-0.25, -0.2) is 8.42 Å². The lowest BCUT2D eigenvalue weighted by atomic mass is 10.2. The number of ether oxygens (including phenoxy) is 1. The Morgan fingerprint density at radius 3 is 2.15 bits per heavy atom. The highest BCUT2D eigenvalue weighted by atomic mass is 32.2. The quantitative estimate of drug-likeness (QED) is 0.868. The Hall–Kier alpha value is -1.32. The number of hydrogen-bond acceptors (Lipinski definition) is 4. The Bertz CT molecular complexity index is 564. The summed E-state index contributed by atoms with van der Waals surface area (Å²) in [6.45, 7) is 4.73. The highest BCUT2D eigenvalue weighted by Gasteiger charge is 2.34. The summed E-state index contributed by atoms with van der Waals surface area (Å²) < 4.78 is 64.1. The molecule has 5 nitrogen and oxygen atoms in total. The van der Waals surface area contributed by atoms with E-state index in [-0.39, 0.29) is 0 Å². The molecule has 0 radical (unpaired) electrons. The van der Waals surface area contributed by atoms with Crippen molar-refractivity contribution in [3.63, 3.8) is 0 Å². The fourth-order valence-electron chi connectivity index (χ4n) is 1.11. The summed E-state index contributed by atoms with van der Waals surface area (Å²) in [7, 11) is -4.29. The first kappa shape index (κ1) is 16.7. The normalized spacial score (nSPS) is 13.3. The van der Waals surface area contributed by atoms with Crippen LogP contribution in [0.5, 0.6) is 5.75 Å². The number of halogens is 3. The predicted molar refractivity (Wildman–Crippen MR) is 64.3 cm³/mol. The van der Waals surface area contributed by atoms with E-state index in [4.69, 9.17) is 4.84 Å². The van der Waals surface area contributed by atoms with E-state index in [0.717, 1.165) is 12.1 Å². The van der Waals surface area contributed by atoms with Crippen LogP contribution in [-0.2, 0) is 14.9 Å². The van der Waals surface area contributed by atoms with Gasteiger partial charge in [0.25, 0.3) is 10.0 Å². The molecule has 1 aromatic carbocycles. The first-order valence-electron chi connectivity index (χ1n) is 5.45. The molecule has 0 aromatic heterocycles. The van der Waals surface area contributed by atoms with Gasteiger partial charge in [-0.05, 0) is 32.9 Å². The maximum absolute atomic E-state index is 12.2. The van der Waals surface area contributed by atoms with Gasteiger partial charge in [-0.2, -0.15) is 0 Å². The summed E-state index contributed by atoms with van der Waals surface area (Å²) in [6, 6.07) is 4.38. The van der Waals surface area contributed by atoms with Crippen molar-refractivity contribution < 1.29 is 31.2 Å². The van der Waals surface area contributed by atoms with Crippen molar-refractivity contribution in [2.45, 2.75) is 37.6 Å². The van der Waals surface area contributed by atoms with Crippen LogP contribution in [0.15, 0.2) is 29.2 Å². The average Bonchev–Trinajstić information content (AvgIpc) is 2.24. The molecular formula is C11H14F3NO4S. The van der Waals surface area contributed by atoms with E-state index in [9.17, 15) is 21.6 Å². The molecule has 0 aliphatic rings. The van der Waals surface area contributed by atoms with Crippen LogP contribution in [0.4, 0.5) is 13.2 Å². The van der Waals surface area contributed by atoms with Crippen molar-refractivity contribution in [3.8, 4) is 5.75 Å². The van der Waals surface area contributed by atoms with Crippen LogP contribution >= 0.6 is 0 Å². The highest BCUT2D eigenvalue weighted by molar-refractivity contribution is 7.89. The minimum Gasteiger partial charge on any atom is -0.404 e. The Labute approximate surface area is 114 Å². The van der Waals surface area contributed by atoms with E-state index in [1.165, 1.54) is 12.1 Å². The van der Waals surface area contributed by atoms with Gasteiger partial charge in [-0.3, -0.25) is 4.84 Å². The topological polar surface area (TPSA) is 64.6 Å². The molecule has 0 spiro atoms. The van der Waals surface area contributed by atoms with Crippen molar-refractivity contribution >= 4 is 10.0 Å². The lowest BCUT2D eigenvalue weighted by Gasteiger charge is -2.20. The third-order valence-corrected chi connectivity index (χ3v) is 3.04. The number of para-hydroxylation sites is 1. The first-order chi connectivity index (χ1) is 8.91. The molecule has 0 bridgehead atoms. The van der Waals surface area contributed by atoms with Gasteiger partial charge in [-0.1, -0.05) is 17.0 Å². The summed E-state index contributed by atoms with van der Waals surface area (Å²) in [5.74, 6) is -0.829. The molecule has 0 aliphatic heterocycles. The standard InChI is InChI=1S/C11H14F3NO4S/c1-10(2,3)19-15-20(16,17)9-7-5-4-6-8(9)18-11(12,13)14/h4-7,15H,1-3H3.